The third-order valence-electron chi connectivity index (χ3n) is 4.86. The maximum Gasteiger partial charge on any atom is 0.163 e. The second kappa shape index (κ2) is 8.89. The van der Waals surface area contributed by atoms with Crippen LogP contribution in [0.5, 0.6) is 11.5 Å². The minimum atomic E-state index is -0.228. The van der Waals surface area contributed by atoms with Crippen molar-refractivity contribution in [1.82, 2.24) is 15.1 Å². The van der Waals surface area contributed by atoms with Crippen LogP contribution in [0.3, 0.4) is 0 Å². The van der Waals surface area contributed by atoms with Gasteiger partial charge in [0.2, 0.25) is 0 Å². The molecule has 0 spiro atoms. The molecule has 1 N–H and O–H groups in total. The molecule has 0 aliphatic rings. The van der Waals surface area contributed by atoms with Gasteiger partial charge in [-0.2, -0.15) is 5.10 Å². The molecule has 28 heavy (non-hydrogen) atoms. The van der Waals surface area contributed by atoms with E-state index in [2.05, 4.69) is 23.4 Å². The van der Waals surface area contributed by atoms with Gasteiger partial charge in [-0.05, 0) is 48.7 Å². The van der Waals surface area contributed by atoms with Crippen LogP contribution in [0.1, 0.15) is 35.2 Å². The fourth-order valence-corrected chi connectivity index (χ4v) is 3.31. The van der Waals surface area contributed by atoms with E-state index >= 15 is 0 Å². The van der Waals surface area contributed by atoms with Crippen molar-refractivity contribution in [2.45, 2.75) is 33.0 Å². The van der Waals surface area contributed by atoms with Gasteiger partial charge in [-0.15, -0.1) is 0 Å². The molecule has 5 nitrogen and oxygen atoms in total. The van der Waals surface area contributed by atoms with Crippen LogP contribution in [0.2, 0.25) is 0 Å². The first-order chi connectivity index (χ1) is 13.5. The van der Waals surface area contributed by atoms with Gasteiger partial charge in [0.25, 0.3) is 0 Å². The van der Waals surface area contributed by atoms with Crippen molar-refractivity contribution in [3.63, 3.8) is 0 Å². The quantitative estimate of drug-likeness (QED) is 0.632. The minimum Gasteiger partial charge on any atom is -0.493 e. The van der Waals surface area contributed by atoms with Gasteiger partial charge in [-0.25, -0.2) is 4.39 Å². The van der Waals surface area contributed by atoms with Crippen LogP contribution in [-0.2, 0) is 13.1 Å². The van der Waals surface area contributed by atoms with Gasteiger partial charge in [0.15, 0.2) is 11.5 Å². The molecule has 0 aliphatic carbocycles. The van der Waals surface area contributed by atoms with Crippen molar-refractivity contribution in [1.29, 1.82) is 0 Å². The Morgan fingerprint density at radius 3 is 2.50 bits per heavy atom. The first-order valence-corrected chi connectivity index (χ1v) is 9.22. The summed E-state index contributed by atoms with van der Waals surface area (Å²) in [7, 11) is 3.30. The van der Waals surface area contributed by atoms with E-state index in [0.29, 0.717) is 13.1 Å². The van der Waals surface area contributed by atoms with Crippen LogP contribution in [-0.4, -0.2) is 24.0 Å². The SMILES string of the molecule is COc1ccc(C(C)NCc2cnn(Cc3ccc(F)cc3)c2)c(C)c1OC. The van der Waals surface area contributed by atoms with E-state index in [0.717, 1.165) is 33.8 Å². The summed E-state index contributed by atoms with van der Waals surface area (Å²) in [6, 6.07) is 10.6. The highest BCUT2D eigenvalue weighted by Gasteiger charge is 2.15. The Labute approximate surface area is 165 Å². The molecule has 148 valence electrons. The smallest absolute Gasteiger partial charge is 0.163 e. The van der Waals surface area contributed by atoms with Gasteiger partial charge in [0.05, 0.1) is 27.0 Å². The molecular formula is C22H26FN3O2. The molecule has 0 amide bonds. The first-order valence-electron chi connectivity index (χ1n) is 9.22. The van der Waals surface area contributed by atoms with E-state index in [9.17, 15) is 4.39 Å². The Hall–Kier alpha value is -2.86. The number of nitrogens with one attached hydrogen (secondary N) is 1. The van der Waals surface area contributed by atoms with Crippen LogP contribution in [0.15, 0.2) is 48.8 Å². The summed E-state index contributed by atoms with van der Waals surface area (Å²) < 4.78 is 25.7. The monoisotopic (exact) mass is 383 g/mol. The van der Waals surface area contributed by atoms with Gasteiger partial charge < -0.3 is 14.8 Å². The van der Waals surface area contributed by atoms with E-state index in [4.69, 9.17) is 9.47 Å². The van der Waals surface area contributed by atoms with E-state index in [1.54, 1.807) is 26.4 Å². The highest BCUT2D eigenvalue weighted by molar-refractivity contribution is 5.51. The van der Waals surface area contributed by atoms with E-state index in [1.165, 1.54) is 12.1 Å². The molecule has 0 saturated carbocycles. The minimum absolute atomic E-state index is 0.139. The molecule has 2 aromatic carbocycles. The third kappa shape index (κ3) is 4.51. The second-order valence-electron chi connectivity index (χ2n) is 6.79. The molecule has 0 radical (unpaired) electrons. The molecule has 1 heterocycles. The predicted molar refractivity (Wildman–Crippen MR) is 107 cm³/mol. The summed E-state index contributed by atoms with van der Waals surface area (Å²) in [5.41, 5.74) is 4.33. The standard InChI is InChI=1S/C22H26FN3O2/c1-15-20(9-10-21(27-3)22(15)28-4)16(2)24-11-18-12-25-26(14-18)13-17-5-7-19(23)8-6-17/h5-10,12,14,16,24H,11,13H2,1-4H3. The summed E-state index contributed by atoms with van der Waals surface area (Å²) in [6.07, 6.45) is 3.86. The van der Waals surface area contributed by atoms with E-state index in [-0.39, 0.29) is 11.9 Å². The highest BCUT2D eigenvalue weighted by atomic mass is 19.1. The topological polar surface area (TPSA) is 48.3 Å². The van der Waals surface area contributed by atoms with Crippen molar-refractivity contribution in [2.24, 2.45) is 0 Å². The molecule has 3 rings (SSSR count). The Kier molecular flexibility index (Phi) is 6.31. The Bertz CT molecular complexity index is 922. The number of aromatic nitrogens is 2. The van der Waals surface area contributed by atoms with Crippen molar-refractivity contribution < 1.29 is 13.9 Å². The number of benzene rings is 2. The molecule has 0 aliphatic heterocycles. The number of hydrogen-bond acceptors (Lipinski definition) is 4. The molecular weight excluding hydrogens is 357 g/mol. The molecule has 6 heteroatoms. The average Bonchev–Trinajstić information content (AvgIpc) is 3.15. The van der Waals surface area contributed by atoms with Crippen molar-refractivity contribution in [2.75, 3.05) is 14.2 Å². The lowest BCUT2D eigenvalue weighted by Gasteiger charge is -2.19. The second-order valence-corrected chi connectivity index (χ2v) is 6.79. The van der Waals surface area contributed by atoms with Crippen molar-refractivity contribution in [3.05, 3.63) is 76.9 Å². The maximum atomic E-state index is 13.0. The lowest BCUT2D eigenvalue weighted by atomic mass is 10.0. The Balaban J connectivity index is 1.63. The highest BCUT2D eigenvalue weighted by Crippen LogP contribution is 2.35. The zero-order valence-electron chi connectivity index (χ0n) is 16.7. The van der Waals surface area contributed by atoms with Crippen LogP contribution < -0.4 is 14.8 Å². The summed E-state index contributed by atoms with van der Waals surface area (Å²) in [4.78, 5) is 0. The largest absolute Gasteiger partial charge is 0.493 e. The predicted octanol–water partition coefficient (Wildman–Crippen LogP) is 4.25. The van der Waals surface area contributed by atoms with Gasteiger partial charge in [-0.3, -0.25) is 4.68 Å². The van der Waals surface area contributed by atoms with Crippen LogP contribution in [0, 0.1) is 12.7 Å². The Morgan fingerprint density at radius 1 is 1.07 bits per heavy atom. The summed E-state index contributed by atoms with van der Waals surface area (Å²) in [6.45, 7) is 5.47. The number of nitrogens with zero attached hydrogens (tertiary/aromatic N) is 2. The summed E-state index contributed by atoms with van der Waals surface area (Å²) in [5, 5.41) is 7.93. The van der Waals surface area contributed by atoms with Gasteiger partial charge in [-0.1, -0.05) is 18.2 Å². The number of methoxy groups -OCH3 is 2. The third-order valence-corrected chi connectivity index (χ3v) is 4.86. The van der Waals surface area contributed by atoms with Gasteiger partial charge in [0, 0.05) is 24.3 Å². The number of ether oxygens (including phenoxy) is 2. The summed E-state index contributed by atoms with van der Waals surface area (Å²) >= 11 is 0. The zero-order chi connectivity index (χ0) is 20.1. The fraction of sp³-hybridized carbons (Fsp3) is 0.318. The van der Waals surface area contributed by atoms with Crippen LogP contribution in [0.25, 0.3) is 0 Å². The molecule has 3 aromatic rings. The van der Waals surface area contributed by atoms with Crippen LogP contribution >= 0.6 is 0 Å². The maximum absolute atomic E-state index is 13.0. The molecule has 1 atom stereocenters. The van der Waals surface area contributed by atoms with Gasteiger partial charge in [0.1, 0.15) is 5.82 Å². The number of halogens is 1. The lowest BCUT2D eigenvalue weighted by molar-refractivity contribution is 0.351. The normalized spacial score (nSPS) is 12.0. The average molecular weight is 383 g/mol. The lowest BCUT2D eigenvalue weighted by Crippen LogP contribution is -2.19. The number of rotatable bonds is 8. The van der Waals surface area contributed by atoms with E-state index < -0.39 is 0 Å². The van der Waals surface area contributed by atoms with E-state index in [1.807, 2.05) is 30.1 Å². The molecule has 1 unspecified atom stereocenters. The first kappa shape index (κ1) is 19.9. The van der Waals surface area contributed by atoms with Crippen LogP contribution in [0.4, 0.5) is 4.39 Å². The van der Waals surface area contributed by atoms with Crippen molar-refractivity contribution >= 4 is 0 Å². The summed E-state index contributed by atoms with van der Waals surface area (Å²) in [5.74, 6) is 1.27. The van der Waals surface area contributed by atoms with Gasteiger partial charge >= 0.3 is 0 Å². The zero-order valence-corrected chi connectivity index (χ0v) is 16.7. The molecule has 0 saturated heterocycles. The fourth-order valence-electron chi connectivity index (χ4n) is 3.31. The van der Waals surface area contributed by atoms with Crippen molar-refractivity contribution in [3.8, 4) is 11.5 Å². The number of hydrogen-bond donors (Lipinski definition) is 1. The molecule has 0 bridgehead atoms. The molecule has 1 aromatic heterocycles. The Morgan fingerprint density at radius 2 is 1.82 bits per heavy atom. The molecule has 0 fully saturated rings.